The molecule has 1 amide bonds. The number of amides is 1. The van der Waals surface area contributed by atoms with Crippen molar-refractivity contribution in [2.24, 2.45) is 11.7 Å². The summed E-state index contributed by atoms with van der Waals surface area (Å²) >= 11 is 5.33. The first-order chi connectivity index (χ1) is 19.1. The van der Waals surface area contributed by atoms with Gasteiger partial charge in [-0.15, -0.1) is 0 Å². The lowest BCUT2D eigenvalue weighted by Gasteiger charge is -2.31. The Labute approximate surface area is 242 Å². The highest BCUT2D eigenvalue weighted by Gasteiger charge is 2.34. The summed E-state index contributed by atoms with van der Waals surface area (Å²) in [6, 6.07) is 22.1. The number of nitrogens with zero attached hydrogens (tertiary/aromatic N) is 1. The van der Waals surface area contributed by atoms with Crippen LogP contribution in [0.3, 0.4) is 0 Å². The number of nitrogens with two attached hydrogens (primary N) is 1. The van der Waals surface area contributed by atoms with Gasteiger partial charge in [0.1, 0.15) is 0 Å². The van der Waals surface area contributed by atoms with Crippen molar-refractivity contribution in [2.45, 2.75) is 57.1 Å². The molecule has 212 valence electrons. The van der Waals surface area contributed by atoms with E-state index in [1.54, 1.807) is 24.3 Å². The molecule has 0 radical (unpaired) electrons. The second kappa shape index (κ2) is 12.9. The fraction of sp³-hybridized carbons (Fsp3) is 0.355. The van der Waals surface area contributed by atoms with Crippen LogP contribution in [-0.2, 0) is 14.8 Å². The van der Waals surface area contributed by atoms with Crippen molar-refractivity contribution in [3.05, 3.63) is 89.5 Å². The monoisotopic (exact) mass is 579 g/mol. The molecule has 0 aliphatic heterocycles. The van der Waals surface area contributed by atoms with E-state index in [2.05, 4.69) is 5.32 Å². The molecule has 1 atom stereocenters. The number of sulfonamides is 1. The Balaban J connectivity index is 1.35. The van der Waals surface area contributed by atoms with Gasteiger partial charge >= 0.3 is 6.09 Å². The molecule has 0 spiro atoms. The largest absolute Gasteiger partial charge is 0.436 e. The minimum atomic E-state index is -3.80. The van der Waals surface area contributed by atoms with Crippen molar-refractivity contribution >= 4 is 33.3 Å². The Hall–Kier alpha value is -3.27. The lowest BCUT2D eigenvalue weighted by Crippen LogP contribution is -2.48. The fourth-order valence-corrected chi connectivity index (χ4v) is 7.18. The van der Waals surface area contributed by atoms with Crippen molar-refractivity contribution in [3.63, 3.8) is 0 Å². The molecule has 3 aromatic carbocycles. The summed E-state index contributed by atoms with van der Waals surface area (Å²) in [5, 5.41) is 2.84. The van der Waals surface area contributed by atoms with E-state index in [1.807, 2.05) is 69.3 Å². The van der Waals surface area contributed by atoms with E-state index in [1.165, 1.54) is 4.31 Å². The van der Waals surface area contributed by atoms with Gasteiger partial charge in [0.15, 0.2) is 6.10 Å². The third-order valence-corrected chi connectivity index (χ3v) is 9.18. The summed E-state index contributed by atoms with van der Waals surface area (Å²) < 4.78 is 34.4. The molecule has 1 aliphatic rings. The normalized spacial score (nSPS) is 13.6. The SMILES string of the molecule is Cc1ccc(S(=O)(=O)N(CC(C)C)[C@@H](CCCCNC(=O)OC2c3ccccc3-c3ccccc32)C(N)=S)cc1. The topological polar surface area (TPSA) is 102 Å². The average Bonchev–Trinajstić information content (AvgIpc) is 3.23. The number of aryl methyl sites for hydroxylation is 1. The van der Waals surface area contributed by atoms with E-state index in [4.69, 9.17) is 22.7 Å². The molecular weight excluding hydrogens is 542 g/mol. The third-order valence-electron chi connectivity index (χ3n) is 7.02. The van der Waals surface area contributed by atoms with Crippen LogP contribution in [0.4, 0.5) is 4.79 Å². The summed E-state index contributed by atoms with van der Waals surface area (Å²) in [7, 11) is -3.80. The van der Waals surface area contributed by atoms with Crippen molar-refractivity contribution in [2.75, 3.05) is 13.1 Å². The molecule has 7 nitrogen and oxygen atoms in total. The number of benzene rings is 3. The molecule has 40 heavy (non-hydrogen) atoms. The molecule has 3 N–H and O–H groups in total. The van der Waals surface area contributed by atoms with Crippen LogP contribution in [0.15, 0.2) is 77.7 Å². The number of rotatable bonds is 12. The third kappa shape index (κ3) is 6.71. The van der Waals surface area contributed by atoms with Gasteiger partial charge in [-0.05, 0) is 55.4 Å². The van der Waals surface area contributed by atoms with Gasteiger partial charge < -0.3 is 15.8 Å². The molecule has 0 fully saturated rings. The van der Waals surface area contributed by atoms with Crippen LogP contribution >= 0.6 is 12.2 Å². The maximum atomic E-state index is 13.6. The summed E-state index contributed by atoms with van der Waals surface area (Å²) in [5.41, 5.74) is 11.2. The molecule has 3 aromatic rings. The summed E-state index contributed by atoms with van der Waals surface area (Å²) in [6.45, 7) is 6.52. The Bertz CT molecular complexity index is 1410. The first-order valence-electron chi connectivity index (χ1n) is 13.6. The lowest BCUT2D eigenvalue weighted by molar-refractivity contribution is 0.118. The Kier molecular flexibility index (Phi) is 9.60. The number of hydrogen-bond donors (Lipinski definition) is 2. The number of alkyl carbamates (subject to hydrolysis) is 1. The molecule has 0 saturated heterocycles. The maximum absolute atomic E-state index is 13.6. The number of carbonyl (C=O) groups excluding carboxylic acids is 1. The number of thiocarbonyl (C=S) groups is 1. The minimum absolute atomic E-state index is 0.0827. The summed E-state index contributed by atoms with van der Waals surface area (Å²) in [5.74, 6) is 0.0827. The van der Waals surface area contributed by atoms with Crippen molar-refractivity contribution in [1.29, 1.82) is 0 Å². The molecule has 0 aromatic heterocycles. The molecule has 4 rings (SSSR count). The highest BCUT2D eigenvalue weighted by molar-refractivity contribution is 7.89. The molecule has 0 saturated carbocycles. The Morgan fingerprint density at radius 1 is 0.975 bits per heavy atom. The number of fused-ring (bicyclic) bond motifs is 3. The van der Waals surface area contributed by atoms with E-state index in [0.29, 0.717) is 32.4 Å². The van der Waals surface area contributed by atoms with Crippen LogP contribution in [0.5, 0.6) is 0 Å². The Morgan fingerprint density at radius 2 is 1.55 bits per heavy atom. The molecular formula is C31H37N3O4S2. The highest BCUT2D eigenvalue weighted by atomic mass is 32.2. The molecule has 0 unspecified atom stereocenters. The predicted octanol–water partition coefficient (Wildman–Crippen LogP) is 5.96. The van der Waals surface area contributed by atoms with Gasteiger partial charge in [-0.3, -0.25) is 0 Å². The van der Waals surface area contributed by atoms with Gasteiger partial charge in [-0.2, -0.15) is 4.31 Å². The number of ether oxygens (including phenoxy) is 1. The van der Waals surface area contributed by atoms with Crippen molar-refractivity contribution in [1.82, 2.24) is 9.62 Å². The van der Waals surface area contributed by atoms with Crippen LogP contribution in [0.1, 0.15) is 55.9 Å². The fourth-order valence-electron chi connectivity index (χ4n) is 5.06. The first-order valence-corrected chi connectivity index (χ1v) is 15.4. The zero-order chi connectivity index (χ0) is 28.9. The van der Waals surface area contributed by atoms with Gasteiger partial charge in [0, 0.05) is 24.2 Å². The van der Waals surface area contributed by atoms with E-state index in [0.717, 1.165) is 27.8 Å². The van der Waals surface area contributed by atoms with Crippen molar-refractivity contribution < 1.29 is 17.9 Å². The summed E-state index contributed by atoms with van der Waals surface area (Å²) in [4.78, 5) is 13.1. The first kappa shape index (κ1) is 29.7. The van der Waals surface area contributed by atoms with Crippen LogP contribution in [0, 0.1) is 12.8 Å². The smallest absolute Gasteiger partial charge is 0.408 e. The molecule has 0 bridgehead atoms. The second-order valence-electron chi connectivity index (χ2n) is 10.6. The van der Waals surface area contributed by atoms with Crippen LogP contribution in [0.2, 0.25) is 0 Å². The van der Waals surface area contributed by atoms with Gasteiger partial charge in [0.05, 0.1) is 15.9 Å². The number of nitrogens with one attached hydrogen (secondary N) is 1. The zero-order valence-corrected chi connectivity index (χ0v) is 24.8. The molecule has 0 heterocycles. The minimum Gasteiger partial charge on any atom is -0.436 e. The lowest BCUT2D eigenvalue weighted by atomic mass is 10.1. The van der Waals surface area contributed by atoms with E-state index in [-0.39, 0.29) is 15.8 Å². The van der Waals surface area contributed by atoms with Crippen LogP contribution in [0.25, 0.3) is 11.1 Å². The van der Waals surface area contributed by atoms with Gasteiger partial charge in [-0.25, -0.2) is 13.2 Å². The number of hydrogen-bond acceptors (Lipinski definition) is 5. The standard InChI is InChI=1S/C31H37N3O4S2/c1-21(2)20-34(40(36,37)23-17-15-22(3)16-18-23)28(30(32)39)14-8-9-19-33-31(35)38-29-26-12-6-4-10-24(26)25-11-5-7-13-27(25)29/h4-7,10-13,15-18,21,28-29H,8-9,14,19-20H2,1-3H3,(H2,32,39)(H,33,35)/t28-/m0/s1. The predicted molar refractivity (Wildman–Crippen MR) is 163 cm³/mol. The zero-order valence-electron chi connectivity index (χ0n) is 23.2. The quantitative estimate of drug-likeness (QED) is 0.203. The number of unbranched alkanes of at least 4 members (excludes halogenated alkanes) is 1. The Morgan fingerprint density at radius 3 is 2.10 bits per heavy atom. The van der Waals surface area contributed by atoms with Gasteiger partial charge in [-0.1, -0.05) is 92.3 Å². The van der Waals surface area contributed by atoms with E-state index < -0.39 is 28.3 Å². The van der Waals surface area contributed by atoms with Crippen molar-refractivity contribution in [3.8, 4) is 11.1 Å². The number of carbonyl (C=O) groups is 1. The highest BCUT2D eigenvalue weighted by Crippen LogP contribution is 2.45. The van der Waals surface area contributed by atoms with E-state index >= 15 is 0 Å². The van der Waals surface area contributed by atoms with Crippen LogP contribution in [-0.4, -0.2) is 42.9 Å². The molecule has 9 heteroatoms. The van der Waals surface area contributed by atoms with Gasteiger partial charge in [0.2, 0.25) is 10.0 Å². The average molecular weight is 580 g/mol. The molecule has 1 aliphatic carbocycles. The van der Waals surface area contributed by atoms with Gasteiger partial charge in [0.25, 0.3) is 0 Å². The van der Waals surface area contributed by atoms with Crippen LogP contribution < -0.4 is 11.1 Å². The van der Waals surface area contributed by atoms with E-state index in [9.17, 15) is 13.2 Å². The second-order valence-corrected chi connectivity index (χ2v) is 12.9. The maximum Gasteiger partial charge on any atom is 0.408 e. The summed E-state index contributed by atoms with van der Waals surface area (Å²) in [6.07, 6.45) is 0.739.